The number of carbonyl (C=O) groups excluding carboxylic acids is 1. The first kappa shape index (κ1) is 16.2. The van der Waals surface area contributed by atoms with Crippen LogP contribution < -0.4 is 4.72 Å². The summed E-state index contributed by atoms with van der Waals surface area (Å²) in [5.74, 6) is -0.259. The highest BCUT2D eigenvalue weighted by Crippen LogP contribution is 2.65. The number of Topliss-reactive ketones (excluding diaryl/α,β-unsaturated/α-hetero) is 1. The SMILES string of the molecule is CC1=C([C@@H]2CCOS(=O)(=O)N2)C2=C(C)C3(CC3)[C@@](C)(O)C(=O)C2=C1. The van der Waals surface area contributed by atoms with Crippen molar-refractivity contribution < 1.29 is 22.5 Å². The molecule has 24 heavy (non-hydrogen) atoms. The minimum Gasteiger partial charge on any atom is -0.381 e. The van der Waals surface area contributed by atoms with Gasteiger partial charge in [0, 0.05) is 11.0 Å². The Hall–Kier alpha value is -1.28. The maximum atomic E-state index is 12.9. The smallest absolute Gasteiger partial charge is 0.336 e. The number of rotatable bonds is 1. The third-order valence-electron chi connectivity index (χ3n) is 6.07. The van der Waals surface area contributed by atoms with Crippen LogP contribution in [0.5, 0.6) is 0 Å². The lowest BCUT2D eigenvalue weighted by Gasteiger charge is -2.40. The molecule has 0 aromatic rings. The van der Waals surface area contributed by atoms with Crippen molar-refractivity contribution >= 4 is 16.1 Å². The molecule has 2 atom stereocenters. The molecular formula is C17H21NO5S. The second-order valence-corrected chi connectivity index (χ2v) is 8.75. The standard InChI is InChI=1S/C17H21NO5S/c1-9-8-11-14(13(9)12-4-7-23-24(21,22)18-12)10(2)17(5-6-17)16(3,20)15(11)19/h8,12,18,20H,4-7H2,1-3H3/t12-,16-/m0/s1. The first-order valence-corrected chi connectivity index (χ1v) is 9.60. The van der Waals surface area contributed by atoms with Gasteiger partial charge in [0.05, 0.1) is 12.6 Å². The molecule has 3 aliphatic carbocycles. The summed E-state index contributed by atoms with van der Waals surface area (Å²) in [5.41, 5.74) is 2.16. The molecule has 0 aromatic carbocycles. The number of fused-ring (bicyclic) bond motifs is 1. The van der Waals surface area contributed by atoms with Crippen molar-refractivity contribution in [3.8, 4) is 0 Å². The van der Waals surface area contributed by atoms with Crippen molar-refractivity contribution in [1.82, 2.24) is 4.72 Å². The molecule has 0 amide bonds. The first-order valence-electron chi connectivity index (χ1n) is 8.19. The van der Waals surface area contributed by atoms with Crippen molar-refractivity contribution in [3.63, 3.8) is 0 Å². The Morgan fingerprint density at radius 2 is 2.00 bits per heavy atom. The van der Waals surface area contributed by atoms with Crippen molar-refractivity contribution in [2.75, 3.05) is 6.61 Å². The number of carbonyl (C=O) groups is 1. The molecule has 0 bridgehead atoms. The van der Waals surface area contributed by atoms with E-state index < -0.39 is 27.4 Å². The van der Waals surface area contributed by atoms with E-state index in [2.05, 4.69) is 4.72 Å². The lowest BCUT2D eigenvalue weighted by atomic mass is 9.66. The molecule has 0 unspecified atom stereocenters. The van der Waals surface area contributed by atoms with Crippen LogP contribution in [0.25, 0.3) is 0 Å². The fraction of sp³-hybridized carbons (Fsp3) is 0.588. The number of aliphatic hydroxyl groups is 1. The fourth-order valence-corrected chi connectivity index (χ4v) is 5.53. The van der Waals surface area contributed by atoms with E-state index in [9.17, 15) is 18.3 Å². The quantitative estimate of drug-likeness (QED) is 0.743. The lowest BCUT2D eigenvalue weighted by molar-refractivity contribution is -0.137. The molecule has 2 fully saturated rings. The zero-order valence-corrected chi connectivity index (χ0v) is 14.8. The molecule has 4 rings (SSSR count). The van der Waals surface area contributed by atoms with Gasteiger partial charge < -0.3 is 5.11 Å². The Bertz CT molecular complexity index is 855. The molecule has 6 nitrogen and oxygen atoms in total. The minimum absolute atomic E-state index is 0.120. The number of hydrogen-bond acceptors (Lipinski definition) is 5. The van der Waals surface area contributed by atoms with E-state index >= 15 is 0 Å². The highest BCUT2D eigenvalue weighted by Gasteiger charge is 2.65. The molecule has 1 saturated heterocycles. The summed E-state index contributed by atoms with van der Waals surface area (Å²) in [6.45, 7) is 5.57. The van der Waals surface area contributed by atoms with Crippen molar-refractivity contribution in [2.45, 2.75) is 51.7 Å². The Labute approximate surface area is 141 Å². The average molecular weight is 351 g/mol. The molecule has 2 N–H and O–H groups in total. The number of hydrogen-bond donors (Lipinski definition) is 2. The van der Waals surface area contributed by atoms with E-state index in [1.54, 1.807) is 13.0 Å². The summed E-state index contributed by atoms with van der Waals surface area (Å²) in [4.78, 5) is 12.9. The molecule has 4 aliphatic rings. The van der Waals surface area contributed by atoms with Crippen LogP contribution in [0.4, 0.5) is 0 Å². The van der Waals surface area contributed by atoms with E-state index in [1.807, 2.05) is 13.8 Å². The summed E-state index contributed by atoms with van der Waals surface area (Å²) in [5, 5.41) is 10.8. The first-order chi connectivity index (χ1) is 11.1. The molecular weight excluding hydrogens is 330 g/mol. The van der Waals surface area contributed by atoms with Crippen LogP contribution >= 0.6 is 0 Å². The Morgan fingerprint density at radius 1 is 1.33 bits per heavy atom. The predicted molar refractivity (Wildman–Crippen MR) is 87.2 cm³/mol. The van der Waals surface area contributed by atoms with E-state index in [4.69, 9.17) is 4.18 Å². The molecule has 1 heterocycles. The molecule has 1 spiro atoms. The van der Waals surface area contributed by atoms with Gasteiger partial charge in [-0.15, -0.1) is 0 Å². The van der Waals surface area contributed by atoms with E-state index in [-0.39, 0.29) is 12.4 Å². The minimum atomic E-state index is -3.76. The lowest BCUT2D eigenvalue weighted by Crippen LogP contribution is -2.50. The monoisotopic (exact) mass is 351 g/mol. The van der Waals surface area contributed by atoms with Gasteiger partial charge in [-0.3, -0.25) is 8.98 Å². The van der Waals surface area contributed by atoms with Crippen LogP contribution in [-0.4, -0.2) is 37.6 Å². The van der Waals surface area contributed by atoms with E-state index in [0.29, 0.717) is 12.0 Å². The number of ketones is 1. The summed E-state index contributed by atoms with van der Waals surface area (Å²) in [6.07, 6.45) is 3.85. The second kappa shape index (κ2) is 4.66. The third kappa shape index (κ3) is 1.92. The van der Waals surface area contributed by atoms with E-state index in [1.165, 1.54) is 0 Å². The van der Waals surface area contributed by atoms with Crippen molar-refractivity contribution in [1.29, 1.82) is 0 Å². The summed E-state index contributed by atoms with van der Waals surface area (Å²) < 4.78 is 30.9. The molecule has 0 aromatic heterocycles. The molecule has 7 heteroatoms. The molecule has 130 valence electrons. The molecule has 1 saturated carbocycles. The van der Waals surface area contributed by atoms with Gasteiger partial charge >= 0.3 is 10.3 Å². The normalized spacial score (nSPS) is 36.9. The van der Waals surface area contributed by atoms with E-state index in [0.717, 1.165) is 35.1 Å². The predicted octanol–water partition coefficient (Wildman–Crippen LogP) is 1.30. The maximum absolute atomic E-state index is 12.9. The van der Waals surface area contributed by atoms with Crippen LogP contribution in [0.3, 0.4) is 0 Å². The third-order valence-corrected chi connectivity index (χ3v) is 7.12. The Balaban J connectivity index is 1.85. The van der Waals surface area contributed by atoms with Gasteiger partial charge in [-0.25, -0.2) is 0 Å². The van der Waals surface area contributed by atoms with Gasteiger partial charge in [0.15, 0.2) is 5.78 Å². The van der Waals surface area contributed by atoms with Gasteiger partial charge in [0.25, 0.3) is 0 Å². The summed E-state index contributed by atoms with van der Waals surface area (Å²) >= 11 is 0. The highest BCUT2D eigenvalue weighted by molar-refractivity contribution is 7.84. The van der Waals surface area contributed by atoms with Gasteiger partial charge in [-0.05, 0) is 62.8 Å². The maximum Gasteiger partial charge on any atom is 0.336 e. The van der Waals surface area contributed by atoms with Gasteiger partial charge in [0.1, 0.15) is 5.60 Å². The largest absolute Gasteiger partial charge is 0.381 e. The molecule has 1 aliphatic heterocycles. The topological polar surface area (TPSA) is 92.7 Å². The van der Waals surface area contributed by atoms with Gasteiger partial charge in [0.2, 0.25) is 0 Å². The van der Waals surface area contributed by atoms with Crippen LogP contribution in [0.15, 0.2) is 33.9 Å². The zero-order chi connectivity index (χ0) is 17.5. The zero-order valence-electron chi connectivity index (χ0n) is 14.0. The van der Waals surface area contributed by atoms with Crippen molar-refractivity contribution in [3.05, 3.63) is 33.9 Å². The number of allylic oxidation sites excluding steroid dienone is 2. The Morgan fingerprint density at radius 3 is 2.58 bits per heavy atom. The Kier molecular flexibility index (Phi) is 3.15. The van der Waals surface area contributed by atoms with Crippen LogP contribution in [-0.2, 0) is 19.3 Å². The fourth-order valence-electron chi connectivity index (χ4n) is 4.56. The highest BCUT2D eigenvalue weighted by atomic mass is 32.2. The van der Waals surface area contributed by atoms with Crippen LogP contribution in [0, 0.1) is 5.41 Å². The van der Waals surface area contributed by atoms with Crippen LogP contribution in [0.2, 0.25) is 0 Å². The average Bonchev–Trinajstić information content (AvgIpc) is 3.22. The summed E-state index contributed by atoms with van der Waals surface area (Å²) in [7, 11) is -3.76. The van der Waals surface area contributed by atoms with Crippen LogP contribution in [0.1, 0.15) is 40.0 Å². The molecule has 0 radical (unpaired) electrons. The van der Waals surface area contributed by atoms with Gasteiger partial charge in [-0.1, -0.05) is 5.57 Å². The summed E-state index contributed by atoms with van der Waals surface area (Å²) in [6, 6.07) is -0.408. The second-order valence-electron chi connectivity index (χ2n) is 7.37. The number of nitrogens with one attached hydrogen (secondary N) is 1. The van der Waals surface area contributed by atoms with Crippen molar-refractivity contribution in [2.24, 2.45) is 5.41 Å². The van der Waals surface area contributed by atoms with Gasteiger partial charge in [-0.2, -0.15) is 13.1 Å².